The van der Waals surface area contributed by atoms with Crippen molar-refractivity contribution in [1.82, 2.24) is 19.5 Å². The number of fused-ring (bicyclic) bond motifs is 1. The first-order valence-electron chi connectivity index (χ1n) is 6.86. The quantitative estimate of drug-likeness (QED) is 0.910. The standard InChI is InChI=1S/C13H18N4O2S/c1-16(10-4-2-3-5-11(10)18)7-9-6-12(19)17-13(15-9)20-8-14-17/h6,8,10-11,18H,2-5,7H2,1H3. The Morgan fingerprint density at radius 2 is 2.30 bits per heavy atom. The van der Waals surface area contributed by atoms with Gasteiger partial charge in [0.2, 0.25) is 4.96 Å². The molecule has 2 aromatic rings. The second kappa shape index (κ2) is 5.59. The number of rotatable bonds is 3. The number of nitrogens with zero attached hydrogens (tertiary/aromatic N) is 4. The number of aliphatic hydroxyl groups excluding tert-OH is 1. The van der Waals surface area contributed by atoms with E-state index in [1.54, 1.807) is 5.51 Å². The summed E-state index contributed by atoms with van der Waals surface area (Å²) < 4.78 is 1.31. The Hall–Kier alpha value is -1.31. The fourth-order valence-corrected chi connectivity index (χ4v) is 3.50. The van der Waals surface area contributed by atoms with Gasteiger partial charge in [-0.15, -0.1) is 0 Å². The molecule has 6 nitrogen and oxygen atoms in total. The largest absolute Gasteiger partial charge is 0.391 e. The van der Waals surface area contributed by atoms with Gasteiger partial charge in [0.15, 0.2) is 0 Å². The van der Waals surface area contributed by atoms with Crippen LogP contribution in [0.3, 0.4) is 0 Å². The Balaban J connectivity index is 1.79. The van der Waals surface area contributed by atoms with Crippen LogP contribution in [0.25, 0.3) is 4.96 Å². The molecule has 20 heavy (non-hydrogen) atoms. The SMILES string of the molecule is CN(Cc1cc(=O)n2ncsc2n1)C1CCCCC1O. The Morgan fingerprint density at radius 3 is 3.10 bits per heavy atom. The van der Waals surface area contributed by atoms with Crippen LogP contribution in [0.4, 0.5) is 0 Å². The van der Waals surface area contributed by atoms with Crippen molar-refractivity contribution in [3.8, 4) is 0 Å². The topological polar surface area (TPSA) is 70.7 Å². The van der Waals surface area contributed by atoms with Crippen LogP contribution in [0.5, 0.6) is 0 Å². The van der Waals surface area contributed by atoms with Crippen molar-refractivity contribution in [2.45, 2.75) is 44.4 Å². The molecule has 3 rings (SSSR count). The van der Waals surface area contributed by atoms with Crippen molar-refractivity contribution < 1.29 is 5.11 Å². The number of aromatic nitrogens is 3. The lowest BCUT2D eigenvalue weighted by Gasteiger charge is -2.34. The molecule has 1 aliphatic carbocycles. The maximum absolute atomic E-state index is 11.9. The fraction of sp³-hybridized carbons (Fsp3) is 0.615. The molecule has 1 fully saturated rings. The van der Waals surface area contributed by atoms with E-state index in [1.165, 1.54) is 21.9 Å². The summed E-state index contributed by atoms with van der Waals surface area (Å²) in [7, 11) is 1.98. The predicted molar refractivity (Wildman–Crippen MR) is 76.9 cm³/mol. The zero-order valence-corrected chi connectivity index (χ0v) is 12.2. The summed E-state index contributed by atoms with van der Waals surface area (Å²) in [4.78, 5) is 19.0. The average molecular weight is 294 g/mol. The van der Waals surface area contributed by atoms with Crippen LogP contribution in [0.1, 0.15) is 31.4 Å². The third-order valence-electron chi connectivity index (χ3n) is 3.91. The minimum absolute atomic E-state index is 0.149. The molecule has 7 heteroatoms. The lowest BCUT2D eigenvalue weighted by atomic mass is 9.91. The molecule has 108 valence electrons. The lowest BCUT2D eigenvalue weighted by molar-refractivity contribution is 0.0283. The second-order valence-electron chi connectivity index (χ2n) is 5.35. The molecule has 1 aliphatic rings. The normalized spacial score (nSPS) is 23.6. The van der Waals surface area contributed by atoms with Gasteiger partial charge in [-0.1, -0.05) is 24.2 Å². The van der Waals surface area contributed by atoms with Crippen molar-refractivity contribution in [2.75, 3.05) is 7.05 Å². The van der Waals surface area contributed by atoms with Crippen molar-refractivity contribution in [2.24, 2.45) is 0 Å². The molecule has 0 amide bonds. The third-order valence-corrected chi connectivity index (χ3v) is 4.59. The van der Waals surface area contributed by atoms with E-state index < -0.39 is 0 Å². The minimum atomic E-state index is -0.276. The summed E-state index contributed by atoms with van der Waals surface area (Å²) in [6.07, 6.45) is 3.83. The second-order valence-corrected chi connectivity index (χ2v) is 6.16. The van der Waals surface area contributed by atoms with Gasteiger partial charge >= 0.3 is 0 Å². The van der Waals surface area contributed by atoms with E-state index in [4.69, 9.17) is 0 Å². The van der Waals surface area contributed by atoms with Gasteiger partial charge in [-0.2, -0.15) is 9.61 Å². The number of hydrogen-bond donors (Lipinski definition) is 1. The van der Waals surface area contributed by atoms with Crippen LogP contribution in [0, 0.1) is 0 Å². The number of likely N-dealkylation sites (N-methyl/N-ethyl adjacent to an activating group) is 1. The molecule has 0 radical (unpaired) electrons. The van der Waals surface area contributed by atoms with Gasteiger partial charge in [0.05, 0.1) is 11.8 Å². The average Bonchev–Trinajstić information content (AvgIpc) is 2.88. The van der Waals surface area contributed by atoms with Gasteiger partial charge in [-0.3, -0.25) is 9.69 Å². The van der Waals surface area contributed by atoms with E-state index in [-0.39, 0.29) is 17.7 Å². The van der Waals surface area contributed by atoms with Crippen LogP contribution in [-0.2, 0) is 6.54 Å². The molecule has 2 atom stereocenters. The molecule has 0 aliphatic heterocycles. The van der Waals surface area contributed by atoms with Crippen molar-refractivity contribution in [3.63, 3.8) is 0 Å². The Morgan fingerprint density at radius 1 is 1.50 bits per heavy atom. The first kappa shape index (κ1) is 13.7. The molecule has 0 bridgehead atoms. The molecule has 2 unspecified atom stereocenters. The minimum Gasteiger partial charge on any atom is -0.391 e. The van der Waals surface area contributed by atoms with Crippen molar-refractivity contribution in [3.05, 3.63) is 27.6 Å². The third kappa shape index (κ3) is 2.61. The smallest absolute Gasteiger partial charge is 0.275 e. The maximum atomic E-state index is 11.9. The summed E-state index contributed by atoms with van der Waals surface area (Å²) >= 11 is 1.35. The first-order valence-corrected chi connectivity index (χ1v) is 7.74. The van der Waals surface area contributed by atoms with Crippen LogP contribution in [0.15, 0.2) is 16.4 Å². The van der Waals surface area contributed by atoms with Crippen LogP contribution in [-0.4, -0.2) is 43.8 Å². The zero-order chi connectivity index (χ0) is 14.1. The monoisotopic (exact) mass is 294 g/mol. The van der Waals surface area contributed by atoms with Crippen LogP contribution >= 0.6 is 11.3 Å². The molecular formula is C13H18N4O2S. The fourth-order valence-electron chi connectivity index (χ4n) is 2.86. The lowest BCUT2D eigenvalue weighted by Crippen LogP contribution is -2.43. The van der Waals surface area contributed by atoms with Gasteiger partial charge in [-0.05, 0) is 19.9 Å². The van der Waals surface area contributed by atoms with Crippen molar-refractivity contribution >= 4 is 16.3 Å². The van der Waals surface area contributed by atoms with E-state index in [0.29, 0.717) is 11.5 Å². The summed E-state index contributed by atoms with van der Waals surface area (Å²) in [6, 6.07) is 1.68. The highest BCUT2D eigenvalue weighted by molar-refractivity contribution is 7.14. The van der Waals surface area contributed by atoms with Gasteiger partial charge in [-0.25, -0.2) is 4.98 Å². The molecule has 2 heterocycles. The molecule has 0 saturated heterocycles. The molecule has 1 saturated carbocycles. The Bertz CT molecular complexity index is 653. The van der Waals surface area contributed by atoms with Gasteiger partial charge < -0.3 is 5.11 Å². The zero-order valence-electron chi connectivity index (χ0n) is 11.4. The molecule has 0 spiro atoms. The van der Waals surface area contributed by atoms with E-state index in [1.807, 2.05) is 7.05 Å². The maximum Gasteiger partial charge on any atom is 0.275 e. The van der Waals surface area contributed by atoms with E-state index in [0.717, 1.165) is 31.4 Å². The number of hydrogen-bond acceptors (Lipinski definition) is 6. The van der Waals surface area contributed by atoms with Gasteiger partial charge in [0.25, 0.3) is 5.56 Å². The van der Waals surface area contributed by atoms with Gasteiger partial charge in [0, 0.05) is 18.7 Å². The molecule has 2 aromatic heterocycles. The van der Waals surface area contributed by atoms with Crippen LogP contribution < -0.4 is 5.56 Å². The van der Waals surface area contributed by atoms with E-state index >= 15 is 0 Å². The van der Waals surface area contributed by atoms with Crippen LogP contribution in [0.2, 0.25) is 0 Å². The van der Waals surface area contributed by atoms with Gasteiger partial charge in [0.1, 0.15) is 5.51 Å². The van der Waals surface area contributed by atoms with E-state index in [9.17, 15) is 9.90 Å². The van der Waals surface area contributed by atoms with Crippen molar-refractivity contribution in [1.29, 1.82) is 0 Å². The molecule has 0 aromatic carbocycles. The molecular weight excluding hydrogens is 276 g/mol. The highest BCUT2D eigenvalue weighted by Crippen LogP contribution is 2.23. The molecule has 1 N–H and O–H groups in total. The summed E-state index contributed by atoms with van der Waals surface area (Å²) in [6.45, 7) is 0.575. The summed E-state index contributed by atoms with van der Waals surface area (Å²) in [5.41, 5.74) is 2.20. The summed E-state index contributed by atoms with van der Waals surface area (Å²) in [5.74, 6) is 0. The Kier molecular flexibility index (Phi) is 3.82. The first-order chi connectivity index (χ1) is 9.65. The summed E-state index contributed by atoms with van der Waals surface area (Å²) in [5, 5.41) is 14.0. The van der Waals surface area contributed by atoms with E-state index in [2.05, 4.69) is 15.0 Å². The highest BCUT2D eigenvalue weighted by atomic mass is 32.1. The highest BCUT2D eigenvalue weighted by Gasteiger charge is 2.26. The number of aliphatic hydroxyl groups is 1. The Labute approximate surface area is 120 Å². The predicted octanol–water partition coefficient (Wildman–Crippen LogP) is 0.886.